The Hall–Kier alpha value is -4.91. The van der Waals surface area contributed by atoms with Crippen molar-refractivity contribution in [2.45, 2.75) is 63.3 Å². The maximum atomic E-state index is 15.9. The van der Waals surface area contributed by atoms with Gasteiger partial charge in [0.05, 0.1) is 42.6 Å². The van der Waals surface area contributed by atoms with E-state index in [1.807, 2.05) is 13.0 Å². The minimum absolute atomic E-state index is 0.175. The molecular weight excluding hydrogens is 635 g/mol. The van der Waals surface area contributed by atoms with Crippen LogP contribution in [0.15, 0.2) is 54.6 Å². The first-order chi connectivity index (χ1) is 23.5. The van der Waals surface area contributed by atoms with Gasteiger partial charge >= 0.3 is 0 Å². The molecule has 2 amide bonds. The molecule has 1 fully saturated rings. The maximum absolute atomic E-state index is 15.9. The first-order valence-corrected chi connectivity index (χ1v) is 16.5. The Morgan fingerprint density at radius 2 is 1.94 bits per heavy atom. The highest BCUT2D eigenvalue weighted by Crippen LogP contribution is 2.36. The van der Waals surface area contributed by atoms with Crippen molar-refractivity contribution < 1.29 is 27.5 Å². The monoisotopic (exact) mass is 673 g/mol. The Kier molecular flexibility index (Phi) is 8.55. The molecule has 7 rings (SSSR count). The van der Waals surface area contributed by atoms with Crippen LogP contribution in [0.5, 0.6) is 5.75 Å². The number of hydrogen-bond donors (Lipinski definition) is 3. The number of fused-ring (bicyclic) bond motifs is 3. The minimum atomic E-state index is -3.11. The van der Waals surface area contributed by atoms with Crippen molar-refractivity contribution in [1.29, 1.82) is 0 Å². The van der Waals surface area contributed by atoms with Gasteiger partial charge in [0.2, 0.25) is 0 Å². The van der Waals surface area contributed by atoms with E-state index in [1.54, 1.807) is 60.1 Å². The zero-order chi connectivity index (χ0) is 34.4. The topological polar surface area (TPSA) is 115 Å². The lowest BCUT2D eigenvalue weighted by Crippen LogP contribution is -2.52. The molecule has 256 valence electrons. The molecule has 3 aromatic heterocycles. The van der Waals surface area contributed by atoms with Crippen molar-refractivity contribution in [3.05, 3.63) is 77.0 Å². The molecule has 0 aliphatic carbocycles. The van der Waals surface area contributed by atoms with Gasteiger partial charge in [0.15, 0.2) is 5.82 Å². The molecule has 5 aromatic rings. The van der Waals surface area contributed by atoms with Crippen LogP contribution in [-0.4, -0.2) is 69.3 Å². The number of piperidine rings is 1. The van der Waals surface area contributed by atoms with E-state index in [0.29, 0.717) is 82.1 Å². The quantitative estimate of drug-likeness (QED) is 0.233. The Morgan fingerprint density at radius 3 is 2.73 bits per heavy atom. The number of aromatic nitrogens is 4. The number of halogens is 3. The van der Waals surface area contributed by atoms with Crippen LogP contribution in [-0.2, 0) is 20.0 Å². The lowest BCUT2D eigenvalue weighted by atomic mass is 9.99. The Bertz CT molecular complexity index is 2070. The van der Waals surface area contributed by atoms with E-state index in [1.165, 1.54) is 11.7 Å². The summed E-state index contributed by atoms with van der Waals surface area (Å²) in [6.45, 7) is 2.04. The van der Waals surface area contributed by atoms with Gasteiger partial charge in [0.1, 0.15) is 23.1 Å². The molecule has 10 nitrogen and oxygen atoms in total. The second-order valence-electron chi connectivity index (χ2n) is 13.0. The number of hydrogen-bond acceptors (Lipinski definition) is 6. The van der Waals surface area contributed by atoms with Crippen LogP contribution in [0.1, 0.15) is 64.2 Å². The number of benzene rings is 2. The van der Waals surface area contributed by atoms with E-state index in [2.05, 4.69) is 16.0 Å². The molecule has 0 spiro atoms. The molecule has 3 N–H and O–H groups in total. The third-order valence-corrected chi connectivity index (χ3v) is 9.56. The largest absolute Gasteiger partial charge is 0.494 e. The average molecular weight is 674 g/mol. The second-order valence-corrected chi connectivity index (χ2v) is 13.0. The number of aryl methyl sites for hydroxylation is 2. The molecule has 49 heavy (non-hydrogen) atoms. The van der Waals surface area contributed by atoms with Gasteiger partial charge in [-0.15, -0.1) is 0 Å². The van der Waals surface area contributed by atoms with Crippen molar-refractivity contribution >= 4 is 33.9 Å². The number of carbonyl (C=O) groups excluding carboxylic acids is 2. The number of nitrogens with zero attached hydrogens (tertiary/aromatic N) is 4. The van der Waals surface area contributed by atoms with Crippen molar-refractivity contribution in [1.82, 2.24) is 35.1 Å². The van der Waals surface area contributed by atoms with Crippen molar-refractivity contribution in [2.24, 2.45) is 7.05 Å². The Morgan fingerprint density at radius 1 is 1.12 bits per heavy atom. The lowest BCUT2D eigenvalue weighted by Gasteiger charge is -2.27. The highest BCUT2D eigenvalue weighted by Gasteiger charge is 2.33. The van der Waals surface area contributed by atoms with Crippen molar-refractivity contribution in [3.8, 4) is 17.3 Å². The highest BCUT2D eigenvalue weighted by atomic mass is 19.3. The fraction of sp³-hybridized carbons (Fsp3) is 0.389. The van der Waals surface area contributed by atoms with Gasteiger partial charge in [-0.3, -0.25) is 9.59 Å². The summed E-state index contributed by atoms with van der Waals surface area (Å²) >= 11 is 0. The number of imidazole rings is 1. The summed E-state index contributed by atoms with van der Waals surface area (Å²) in [5.41, 5.74) is 3.67. The lowest BCUT2D eigenvalue weighted by molar-refractivity contribution is -0.0248. The average Bonchev–Trinajstić information content (AvgIpc) is 3.60. The van der Waals surface area contributed by atoms with Crippen LogP contribution in [0.4, 0.5) is 13.2 Å². The van der Waals surface area contributed by atoms with Crippen molar-refractivity contribution in [2.75, 3.05) is 20.2 Å². The third-order valence-electron chi connectivity index (χ3n) is 9.56. The molecular formula is C36H38F3N7O3. The molecule has 2 aliphatic heterocycles. The molecule has 2 aliphatic rings. The normalized spacial score (nSPS) is 21.3. The zero-order valence-corrected chi connectivity index (χ0v) is 27.5. The van der Waals surface area contributed by atoms with Gasteiger partial charge < -0.3 is 29.8 Å². The molecule has 0 radical (unpaired) electrons. The van der Waals surface area contributed by atoms with Crippen LogP contribution in [0.2, 0.25) is 0 Å². The first kappa shape index (κ1) is 32.6. The summed E-state index contributed by atoms with van der Waals surface area (Å²) in [4.78, 5) is 36.2. The number of alkyl halides is 3. The number of carbonyl (C=O) groups is 2. The number of amides is 2. The summed E-state index contributed by atoms with van der Waals surface area (Å²) in [5.74, 6) is -3.13. The number of ether oxygens (including phenoxy) is 1. The predicted octanol–water partition coefficient (Wildman–Crippen LogP) is 5.49. The Balaban J connectivity index is 1.32. The fourth-order valence-electron chi connectivity index (χ4n) is 6.93. The Labute approximate surface area is 281 Å². The van der Waals surface area contributed by atoms with Crippen LogP contribution in [0, 0.1) is 0 Å². The van der Waals surface area contributed by atoms with E-state index in [9.17, 15) is 14.0 Å². The van der Waals surface area contributed by atoms with E-state index in [-0.39, 0.29) is 17.9 Å². The number of methoxy groups -OCH3 is 1. The molecule has 1 saturated heterocycles. The number of nitrogens with one attached hydrogen (secondary N) is 3. The first-order valence-electron chi connectivity index (χ1n) is 16.5. The van der Waals surface area contributed by atoms with Crippen LogP contribution < -0.4 is 20.7 Å². The SMILES string of the molecule is COc1cc(C(=O)N[C@H]2CNCC[C@@H]2F)cc2nc(-c3cc4ccc5nc4n3CC(F)(F)CCCc3ccccc3C(=O)N[C@@H]5C)n(C)c12. The summed E-state index contributed by atoms with van der Waals surface area (Å²) in [6, 6.07) is 14.4. The maximum Gasteiger partial charge on any atom is 0.265 e. The molecule has 2 bridgehead atoms. The van der Waals surface area contributed by atoms with Gasteiger partial charge in [-0.25, -0.2) is 23.1 Å². The van der Waals surface area contributed by atoms with Crippen LogP contribution >= 0.6 is 0 Å². The summed E-state index contributed by atoms with van der Waals surface area (Å²) in [7, 11) is 3.23. The number of rotatable bonds is 4. The van der Waals surface area contributed by atoms with E-state index >= 15 is 8.78 Å². The predicted molar refractivity (Wildman–Crippen MR) is 180 cm³/mol. The van der Waals surface area contributed by atoms with Crippen molar-refractivity contribution in [3.63, 3.8) is 0 Å². The summed E-state index contributed by atoms with van der Waals surface area (Å²) in [5, 5.41) is 9.52. The zero-order valence-electron chi connectivity index (χ0n) is 27.5. The van der Waals surface area contributed by atoms with Gasteiger partial charge in [0, 0.05) is 36.5 Å². The molecule has 13 heteroatoms. The van der Waals surface area contributed by atoms with E-state index < -0.39 is 43.1 Å². The number of pyridine rings is 1. The molecule has 5 heterocycles. The van der Waals surface area contributed by atoms with Gasteiger partial charge in [-0.2, -0.15) is 0 Å². The highest BCUT2D eigenvalue weighted by molar-refractivity contribution is 6.00. The molecule has 0 unspecified atom stereocenters. The summed E-state index contributed by atoms with van der Waals surface area (Å²) < 4.78 is 55.2. The standard InChI is InChI=1S/C36H38F3N7O3/c1-20-26-11-10-22-16-29(46(32(22)42-26)19-36(38,39)13-6-8-21-7-4-5-9-24(21)35(48)41-20)33-43-27-15-23(17-30(49-3)31(27)45(33)2)34(47)44-28-18-40-14-12-25(28)37/h4-5,7,9-11,15-17,20,25,28,40H,6,8,12-14,18-19H2,1-3H3,(H,41,48)(H,44,47)/t20-,25+,28+/m1/s1. The van der Waals surface area contributed by atoms with Gasteiger partial charge in [-0.05, 0) is 74.7 Å². The second kappa shape index (κ2) is 12.8. The van der Waals surface area contributed by atoms with Gasteiger partial charge in [0.25, 0.3) is 17.7 Å². The molecule has 3 atom stereocenters. The molecule has 2 aromatic carbocycles. The van der Waals surface area contributed by atoms with E-state index in [0.717, 1.165) is 0 Å². The van der Waals surface area contributed by atoms with E-state index in [4.69, 9.17) is 14.7 Å². The van der Waals surface area contributed by atoms with Crippen LogP contribution in [0.3, 0.4) is 0 Å². The summed E-state index contributed by atoms with van der Waals surface area (Å²) in [6.07, 6.45) is -0.752. The smallest absolute Gasteiger partial charge is 0.265 e. The minimum Gasteiger partial charge on any atom is -0.494 e. The third kappa shape index (κ3) is 6.23. The van der Waals surface area contributed by atoms with Crippen LogP contribution in [0.25, 0.3) is 33.6 Å². The fourth-order valence-corrected chi connectivity index (χ4v) is 6.93. The molecule has 0 saturated carbocycles. The van der Waals surface area contributed by atoms with Gasteiger partial charge in [-0.1, -0.05) is 18.2 Å².